The maximum absolute atomic E-state index is 13.0. The van der Waals surface area contributed by atoms with Crippen molar-refractivity contribution in [3.05, 3.63) is 59.7 Å². The van der Waals surface area contributed by atoms with E-state index in [1.165, 1.54) is 6.92 Å². The number of hydrogen-bond acceptors (Lipinski definition) is 4. The summed E-state index contributed by atoms with van der Waals surface area (Å²) >= 11 is 0. The average molecular weight is 410 g/mol. The number of aryl methyl sites for hydroxylation is 1. The topological polar surface area (TPSA) is 61.9 Å². The van der Waals surface area contributed by atoms with Crippen molar-refractivity contribution in [1.29, 1.82) is 0 Å². The van der Waals surface area contributed by atoms with Gasteiger partial charge in [0, 0.05) is 33.1 Å². The van der Waals surface area contributed by atoms with Crippen molar-refractivity contribution in [2.24, 2.45) is 0 Å². The van der Waals surface area contributed by atoms with Crippen LogP contribution in [0.15, 0.2) is 48.5 Å². The van der Waals surface area contributed by atoms with Gasteiger partial charge in [0.1, 0.15) is 5.75 Å². The highest BCUT2D eigenvalue weighted by Crippen LogP contribution is 2.29. The Morgan fingerprint density at radius 3 is 2.33 bits per heavy atom. The molecule has 6 heteroatoms. The molecule has 2 aromatic rings. The van der Waals surface area contributed by atoms with Gasteiger partial charge in [0.25, 0.3) is 0 Å². The molecule has 160 valence electrons. The smallest absolute Gasteiger partial charge is 0.225 e. The predicted octanol–water partition coefficient (Wildman–Crippen LogP) is 3.31. The lowest BCUT2D eigenvalue weighted by Crippen LogP contribution is -2.49. The van der Waals surface area contributed by atoms with Crippen molar-refractivity contribution >= 4 is 17.5 Å². The number of nitrogens with zero attached hydrogens (tertiary/aromatic N) is 2. The lowest BCUT2D eigenvalue weighted by Gasteiger charge is -2.37. The second-order valence-corrected chi connectivity index (χ2v) is 7.64. The Morgan fingerprint density at radius 1 is 1.03 bits per heavy atom. The zero-order valence-electron chi connectivity index (χ0n) is 18.1. The van der Waals surface area contributed by atoms with Crippen molar-refractivity contribution < 1.29 is 14.3 Å². The van der Waals surface area contributed by atoms with Crippen molar-refractivity contribution in [1.82, 2.24) is 10.2 Å². The number of para-hydroxylation sites is 2. The second kappa shape index (κ2) is 10.1. The molecule has 1 N–H and O–H groups in total. The molecule has 2 aromatic carbocycles. The fourth-order valence-corrected chi connectivity index (χ4v) is 3.79. The number of rotatable bonds is 7. The van der Waals surface area contributed by atoms with E-state index in [4.69, 9.17) is 4.74 Å². The molecule has 1 atom stereocenters. The minimum Gasteiger partial charge on any atom is -0.492 e. The van der Waals surface area contributed by atoms with Gasteiger partial charge in [-0.3, -0.25) is 9.59 Å². The molecule has 1 aliphatic heterocycles. The monoisotopic (exact) mass is 409 g/mol. The summed E-state index contributed by atoms with van der Waals surface area (Å²) in [6.07, 6.45) is 0.262. The SMILES string of the molecule is CCOc1ccccc1N1CCN(C(=O)CC(NC(C)=O)c2ccc(C)cc2)CC1. The van der Waals surface area contributed by atoms with E-state index < -0.39 is 0 Å². The van der Waals surface area contributed by atoms with E-state index in [2.05, 4.69) is 16.3 Å². The van der Waals surface area contributed by atoms with Gasteiger partial charge in [-0.05, 0) is 31.5 Å². The Kier molecular flexibility index (Phi) is 7.33. The van der Waals surface area contributed by atoms with Crippen LogP contribution in [0, 0.1) is 6.92 Å². The summed E-state index contributed by atoms with van der Waals surface area (Å²) in [4.78, 5) is 28.8. The van der Waals surface area contributed by atoms with Crippen LogP contribution in [-0.2, 0) is 9.59 Å². The molecule has 3 rings (SSSR count). The second-order valence-electron chi connectivity index (χ2n) is 7.64. The lowest BCUT2D eigenvalue weighted by atomic mass is 10.0. The molecule has 0 radical (unpaired) electrons. The highest BCUT2D eigenvalue weighted by Gasteiger charge is 2.26. The Hall–Kier alpha value is -3.02. The molecular weight excluding hydrogens is 378 g/mol. The van der Waals surface area contributed by atoms with E-state index in [1.807, 2.05) is 61.2 Å². The van der Waals surface area contributed by atoms with Gasteiger partial charge in [0.05, 0.1) is 24.8 Å². The maximum atomic E-state index is 13.0. The quantitative estimate of drug-likeness (QED) is 0.762. The Labute approximate surface area is 178 Å². The zero-order chi connectivity index (χ0) is 21.5. The van der Waals surface area contributed by atoms with E-state index in [0.29, 0.717) is 19.7 Å². The molecule has 1 heterocycles. The first kappa shape index (κ1) is 21.7. The summed E-state index contributed by atoms with van der Waals surface area (Å²) in [6.45, 7) is 8.92. The van der Waals surface area contributed by atoms with Crippen LogP contribution < -0.4 is 15.0 Å². The maximum Gasteiger partial charge on any atom is 0.225 e. The summed E-state index contributed by atoms with van der Waals surface area (Å²) in [5.74, 6) is 0.808. The zero-order valence-corrected chi connectivity index (χ0v) is 18.1. The number of ether oxygens (including phenoxy) is 1. The summed E-state index contributed by atoms with van der Waals surface area (Å²) in [5, 5.41) is 2.93. The minimum absolute atomic E-state index is 0.0621. The molecule has 2 amide bonds. The van der Waals surface area contributed by atoms with Crippen LogP contribution in [0.25, 0.3) is 0 Å². The third-order valence-corrected chi connectivity index (χ3v) is 5.37. The van der Waals surface area contributed by atoms with E-state index in [9.17, 15) is 9.59 Å². The molecular formula is C24H31N3O3. The van der Waals surface area contributed by atoms with Gasteiger partial charge in [-0.1, -0.05) is 42.0 Å². The van der Waals surface area contributed by atoms with Gasteiger partial charge in [0.15, 0.2) is 0 Å². The van der Waals surface area contributed by atoms with Gasteiger partial charge < -0.3 is 19.9 Å². The molecule has 1 aliphatic rings. The van der Waals surface area contributed by atoms with Crippen LogP contribution in [-0.4, -0.2) is 49.5 Å². The molecule has 30 heavy (non-hydrogen) atoms. The highest BCUT2D eigenvalue weighted by atomic mass is 16.5. The fourth-order valence-electron chi connectivity index (χ4n) is 3.79. The van der Waals surface area contributed by atoms with Crippen LogP contribution >= 0.6 is 0 Å². The number of amides is 2. The molecule has 0 bridgehead atoms. The van der Waals surface area contributed by atoms with E-state index in [-0.39, 0.29) is 24.3 Å². The molecule has 1 saturated heterocycles. The van der Waals surface area contributed by atoms with Crippen molar-refractivity contribution in [3.63, 3.8) is 0 Å². The first-order valence-electron chi connectivity index (χ1n) is 10.6. The molecule has 6 nitrogen and oxygen atoms in total. The number of anilines is 1. The van der Waals surface area contributed by atoms with Crippen LogP contribution in [0.2, 0.25) is 0 Å². The van der Waals surface area contributed by atoms with Gasteiger partial charge in [-0.25, -0.2) is 0 Å². The molecule has 0 aromatic heterocycles. The molecule has 0 aliphatic carbocycles. The van der Waals surface area contributed by atoms with E-state index >= 15 is 0 Å². The molecule has 0 spiro atoms. The van der Waals surface area contributed by atoms with E-state index in [1.54, 1.807) is 0 Å². The number of benzene rings is 2. The first-order valence-corrected chi connectivity index (χ1v) is 10.6. The average Bonchev–Trinajstić information content (AvgIpc) is 2.74. The summed E-state index contributed by atoms with van der Waals surface area (Å²) < 4.78 is 5.75. The number of hydrogen-bond donors (Lipinski definition) is 1. The van der Waals surface area contributed by atoms with Crippen LogP contribution in [0.1, 0.15) is 37.4 Å². The predicted molar refractivity (Wildman–Crippen MR) is 119 cm³/mol. The first-order chi connectivity index (χ1) is 14.5. The lowest BCUT2D eigenvalue weighted by molar-refractivity contribution is -0.132. The summed E-state index contributed by atoms with van der Waals surface area (Å²) in [6, 6.07) is 15.7. The number of nitrogens with one attached hydrogen (secondary N) is 1. The van der Waals surface area contributed by atoms with Gasteiger partial charge in [-0.15, -0.1) is 0 Å². The van der Waals surface area contributed by atoms with Gasteiger partial charge in [0.2, 0.25) is 11.8 Å². The van der Waals surface area contributed by atoms with Gasteiger partial charge >= 0.3 is 0 Å². The summed E-state index contributed by atoms with van der Waals surface area (Å²) in [5.41, 5.74) is 3.17. The minimum atomic E-state index is -0.313. The van der Waals surface area contributed by atoms with Crippen LogP contribution in [0.4, 0.5) is 5.69 Å². The molecule has 0 saturated carbocycles. The van der Waals surface area contributed by atoms with Crippen molar-refractivity contribution in [2.45, 2.75) is 33.2 Å². The Morgan fingerprint density at radius 2 is 1.70 bits per heavy atom. The molecule has 1 fully saturated rings. The Bertz CT molecular complexity index is 858. The fraction of sp³-hybridized carbons (Fsp3) is 0.417. The largest absolute Gasteiger partial charge is 0.492 e. The van der Waals surface area contributed by atoms with Crippen LogP contribution in [0.3, 0.4) is 0 Å². The molecule has 1 unspecified atom stereocenters. The summed E-state index contributed by atoms with van der Waals surface area (Å²) in [7, 11) is 0. The van der Waals surface area contributed by atoms with Crippen LogP contribution in [0.5, 0.6) is 5.75 Å². The third-order valence-electron chi connectivity index (χ3n) is 5.37. The number of piperazine rings is 1. The Balaban J connectivity index is 1.62. The number of carbonyl (C=O) groups is 2. The normalized spacial score (nSPS) is 14.9. The van der Waals surface area contributed by atoms with Crippen molar-refractivity contribution in [3.8, 4) is 5.75 Å². The highest BCUT2D eigenvalue weighted by molar-refractivity contribution is 5.79. The van der Waals surface area contributed by atoms with Crippen molar-refractivity contribution in [2.75, 3.05) is 37.7 Å². The van der Waals surface area contributed by atoms with Gasteiger partial charge in [-0.2, -0.15) is 0 Å². The number of carbonyl (C=O) groups excluding carboxylic acids is 2. The van der Waals surface area contributed by atoms with E-state index in [0.717, 1.165) is 35.7 Å². The third kappa shape index (κ3) is 5.53. The standard InChI is InChI=1S/C24H31N3O3/c1-4-30-23-8-6-5-7-22(23)26-13-15-27(16-14-26)24(29)17-21(25-19(3)28)20-11-9-18(2)10-12-20/h5-12,21H,4,13-17H2,1-3H3,(H,25,28).